The highest BCUT2D eigenvalue weighted by Crippen LogP contribution is 2.61. The standard InChI is InChI=1S/C17H32O11P2/c1-7-24-29(20,25-8-2)16(28-30(21,26-9-3)27-10-4)13-23-15(18)11-12-22-17(19)14(5)6/h16H,5,7-13H2,1-4,6H3. The lowest BCUT2D eigenvalue weighted by Gasteiger charge is -2.28. The van der Waals surface area contributed by atoms with Gasteiger partial charge in [0.2, 0.25) is 5.85 Å². The molecule has 11 nitrogen and oxygen atoms in total. The van der Waals surface area contributed by atoms with Crippen LogP contribution >= 0.6 is 15.4 Å². The molecule has 30 heavy (non-hydrogen) atoms. The maximum atomic E-state index is 13.1. The molecule has 0 fully saturated rings. The van der Waals surface area contributed by atoms with Crippen LogP contribution in [-0.4, -0.2) is 57.4 Å². The minimum absolute atomic E-state index is 0.00445. The molecule has 176 valence electrons. The van der Waals surface area contributed by atoms with Gasteiger partial charge in [0.15, 0.2) is 0 Å². The van der Waals surface area contributed by atoms with E-state index in [9.17, 15) is 18.7 Å². The molecule has 0 aliphatic heterocycles. The summed E-state index contributed by atoms with van der Waals surface area (Å²) in [4.78, 5) is 23.3. The van der Waals surface area contributed by atoms with Crippen molar-refractivity contribution in [2.75, 3.05) is 39.6 Å². The second-order valence-corrected chi connectivity index (χ2v) is 9.36. The van der Waals surface area contributed by atoms with E-state index in [1.807, 2.05) is 0 Å². The van der Waals surface area contributed by atoms with Gasteiger partial charge in [0.25, 0.3) is 0 Å². The Morgan fingerprint density at radius 3 is 1.80 bits per heavy atom. The van der Waals surface area contributed by atoms with Crippen LogP contribution in [0.3, 0.4) is 0 Å². The lowest BCUT2D eigenvalue weighted by molar-refractivity contribution is -0.148. The lowest BCUT2D eigenvalue weighted by atomic mass is 10.4. The van der Waals surface area contributed by atoms with Crippen LogP contribution in [-0.2, 0) is 50.8 Å². The van der Waals surface area contributed by atoms with Crippen molar-refractivity contribution >= 4 is 27.4 Å². The van der Waals surface area contributed by atoms with Gasteiger partial charge in [-0.1, -0.05) is 6.58 Å². The van der Waals surface area contributed by atoms with Gasteiger partial charge in [-0.2, -0.15) is 0 Å². The Morgan fingerprint density at radius 1 is 0.867 bits per heavy atom. The second kappa shape index (κ2) is 14.9. The zero-order valence-electron chi connectivity index (χ0n) is 18.1. The summed E-state index contributed by atoms with van der Waals surface area (Å²) >= 11 is 0. The van der Waals surface area contributed by atoms with Crippen molar-refractivity contribution in [1.29, 1.82) is 0 Å². The monoisotopic (exact) mass is 474 g/mol. The van der Waals surface area contributed by atoms with Crippen LogP contribution in [0.4, 0.5) is 0 Å². The Balaban J connectivity index is 5.27. The molecule has 0 aliphatic rings. The predicted octanol–water partition coefficient (Wildman–Crippen LogP) is 3.83. The number of esters is 2. The first-order valence-corrected chi connectivity index (χ1v) is 12.6. The summed E-state index contributed by atoms with van der Waals surface area (Å²) < 4.78 is 61.6. The highest BCUT2D eigenvalue weighted by molar-refractivity contribution is 7.56. The predicted molar refractivity (Wildman–Crippen MR) is 108 cm³/mol. The molecule has 0 saturated carbocycles. The first-order chi connectivity index (χ1) is 14.1. The number of hydrogen-bond donors (Lipinski definition) is 0. The van der Waals surface area contributed by atoms with E-state index in [4.69, 9.17) is 32.1 Å². The molecule has 0 aromatic rings. The molecule has 0 radical (unpaired) electrons. The molecule has 0 rings (SSSR count). The first-order valence-electron chi connectivity index (χ1n) is 9.51. The van der Waals surface area contributed by atoms with E-state index in [-0.39, 0.29) is 45.0 Å². The molecule has 1 atom stereocenters. The number of hydrogen-bond acceptors (Lipinski definition) is 11. The van der Waals surface area contributed by atoms with Gasteiger partial charge in [-0.05, 0) is 34.6 Å². The molecular formula is C17H32O11P2. The molecule has 0 heterocycles. The van der Waals surface area contributed by atoms with Crippen LogP contribution in [0, 0.1) is 0 Å². The zero-order valence-corrected chi connectivity index (χ0v) is 19.9. The van der Waals surface area contributed by atoms with Gasteiger partial charge in [-0.3, -0.25) is 22.9 Å². The third kappa shape index (κ3) is 10.8. The number of carbonyl (C=O) groups excluding carboxylic acids is 2. The summed E-state index contributed by atoms with van der Waals surface area (Å²) in [6, 6.07) is 0. The largest absolute Gasteiger partial charge is 0.475 e. The minimum Gasteiger partial charge on any atom is -0.462 e. The SMILES string of the molecule is C=C(C)C(=O)OCCC(=O)OCC(OP(=O)(OCC)OCC)P(=O)(OCC)OCC. The molecular weight excluding hydrogens is 442 g/mol. The van der Waals surface area contributed by atoms with Crippen LogP contribution < -0.4 is 0 Å². The van der Waals surface area contributed by atoms with Crippen LogP contribution in [0.2, 0.25) is 0 Å². The fraction of sp³-hybridized carbons (Fsp3) is 0.765. The summed E-state index contributed by atoms with van der Waals surface area (Å²) in [5.74, 6) is -2.99. The van der Waals surface area contributed by atoms with E-state index in [2.05, 4.69) is 6.58 Å². The van der Waals surface area contributed by atoms with Crippen LogP contribution in [0.1, 0.15) is 41.0 Å². The van der Waals surface area contributed by atoms with Gasteiger partial charge in [0.05, 0.1) is 32.8 Å². The third-order valence-electron chi connectivity index (χ3n) is 3.07. The van der Waals surface area contributed by atoms with Gasteiger partial charge >= 0.3 is 27.4 Å². The lowest BCUT2D eigenvalue weighted by Crippen LogP contribution is -2.25. The van der Waals surface area contributed by atoms with E-state index in [1.54, 1.807) is 27.7 Å². The van der Waals surface area contributed by atoms with E-state index < -0.39 is 39.8 Å². The number of rotatable bonds is 17. The number of carbonyl (C=O) groups is 2. The molecule has 0 bridgehead atoms. The Bertz CT molecular complexity index is 630. The Kier molecular flexibility index (Phi) is 14.3. The summed E-state index contributed by atoms with van der Waals surface area (Å²) in [5.41, 5.74) is 0.189. The maximum Gasteiger partial charge on any atom is 0.475 e. The first kappa shape index (κ1) is 28.9. The quantitative estimate of drug-likeness (QED) is 0.173. The molecule has 0 amide bonds. The fourth-order valence-corrected chi connectivity index (χ4v) is 5.27. The Morgan fingerprint density at radius 2 is 1.37 bits per heavy atom. The zero-order chi connectivity index (χ0) is 23.2. The molecule has 0 spiro atoms. The molecule has 0 aromatic carbocycles. The Hall–Kier alpha value is -1.06. The van der Waals surface area contributed by atoms with E-state index in [1.165, 1.54) is 6.92 Å². The van der Waals surface area contributed by atoms with Gasteiger partial charge < -0.3 is 18.5 Å². The van der Waals surface area contributed by atoms with Crippen molar-refractivity contribution in [1.82, 2.24) is 0 Å². The van der Waals surface area contributed by atoms with Crippen molar-refractivity contribution in [2.45, 2.75) is 46.9 Å². The number of ether oxygens (including phenoxy) is 2. The van der Waals surface area contributed by atoms with Gasteiger partial charge in [0.1, 0.15) is 13.2 Å². The molecule has 0 aliphatic carbocycles. The smallest absolute Gasteiger partial charge is 0.462 e. The van der Waals surface area contributed by atoms with Crippen LogP contribution in [0.5, 0.6) is 0 Å². The number of phosphoric ester groups is 1. The fourth-order valence-electron chi connectivity index (χ4n) is 1.89. The average molecular weight is 474 g/mol. The van der Waals surface area contributed by atoms with Gasteiger partial charge in [-0.15, -0.1) is 0 Å². The minimum atomic E-state index is -4.13. The molecule has 0 aromatic heterocycles. The summed E-state index contributed by atoms with van der Waals surface area (Å²) in [5, 5.41) is 0. The highest BCUT2D eigenvalue weighted by atomic mass is 31.2. The van der Waals surface area contributed by atoms with E-state index in [0.29, 0.717) is 0 Å². The highest BCUT2D eigenvalue weighted by Gasteiger charge is 2.44. The van der Waals surface area contributed by atoms with Crippen molar-refractivity contribution in [3.63, 3.8) is 0 Å². The van der Waals surface area contributed by atoms with Crippen molar-refractivity contribution < 1.29 is 50.8 Å². The summed E-state index contributed by atoms with van der Waals surface area (Å²) in [7, 11) is -8.14. The third-order valence-corrected chi connectivity index (χ3v) is 7.09. The normalized spacial score (nSPS) is 13.0. The van der Waals surface area contributed by atoms with Gasteiger partial charge in [-0.25, -0.2) is 9.36 Å². The van der Waals surface area contributed by atoms with Gasteiger partial charge in [0, 0.05) is 5.57 Å². The Labute approximate surface area is 177 Å². The van der Waals surface area contributed by atoms with Crippen molar-refractivity contribution in [2.24, 2.45) is 0 Å². The van der Waals surface area contributed by atoms with Crippen LogP contribution in [0.25, 0.3) is 0 Å². The molecule has 13 heteroatoms. The average Bonchev–Trinajstić information content (AvgIpc) is 2.65. The van der Waals surface area contributed by atoms with Crippen molar-refractivity contribution in [3.05, 3.63) is 12.2 Å². The topological polar surface area (TPSA) is 133 Å². The van der Waals surface area contributed by atoms with Crippen molar-refractivity contribution in [3.8, 4) is 0 Å². The van der Waals surface area contributed by atoms with E-state index >= 15 is 0 Å². The maximum absolute atomic E-state index is 13.1. The van der Waals surface area contributed by atoms with E-state index in [0.717, 1.165) is 0 Å². The van der Waals surface area contributed by atoms with Crippen LogP contribution in [0.15, 0.2) is 12.2 Å². The summed E-state index contributed by atoms with van der Waals surface area (Å²) in [6.45, 7) is 10.3. The second-order valence-electron chi connectivity index (χ2n) is 5.57. The molecule has 1 unspecified atom stereocenters. The molecule has 0 N–H and O–H groups in total. The summed E-state index contributed by atoms with van der Waals surface area (Å²) in [6.07, 6.45) is -0.270. The molecule has 0 saturated heterocycles. The number of phosphoric acid groups is 1.